The molecule has 28 heavy (non-hydrogen) atoms. The number of rotatable bonds is 10. The highest BCUT2D eigenvalue weighted by Gasteiger charge is 2.41. The van der Waals surface area contributed by atoms with Gasteiger partial charge in [0.05, 0.1) is 24.6 Å². The summed E-state index contributed by atoms with van der Waals surface area (Å²) in [7, 11) is 0. The van der Waals surface area contributed by atoms with Crippen molar-refractivity contribution in [2.45, 2.75) is 38.4 Å². The highest BCUT2D eigenvalue weighted by Crippen LogP contribution is 2.45. The van der Waals surface area contributed by atoms with Crippen LogP contribution in [0.4, 0.5) is 0 Å². The molecule has 2 aliphatic heterocycles. The number of carbonyl (C=O) groups excluding carboxylic acids is 2. The van der Waals surface area contributed by atoms with Crippen molar-refractivity contribution in [2.24, 2.45) is 0 Å². The Kier molecular flexibility index (Phi) is 8.79. The SMILES string of the molecule is C=CC(C)=CC1(C)SC(=O)C(C)=C1OCCCNC(=O)CCN1CCOCC1. The Bertz CT molecular complexity index is 653. The summed E-state index contributed by atoms with van der Waals surface area (Å²) >= 11 is 1.27. The Morgan fingerprint density at radius 1 is 1.43 bits per heavy atom. The minimum Gasteiger partial charge on any atom is -0.496 e. The van der Waals surface area contributed by atoms with Gasteiger partial charge in [-0.05, 0) is 27.2 Å². The highest BCUT2D eigenvalue weighted by molar-refractivity contribution is 8.16. The number of thioether (sulfide) groups is 1. The summed E-state index contributed by atoms with van der Waals surface area (Å²) in [5.74, 6) is 0.769. The van der Waals surface area contributed by atoms with Gasteiger partial charge in [-0.1, -0.05) is 36.1 Å². The molecule has 0 saturated carbocycles. The van der Waals surface area contributed by atoms with Crippen molar-refractivity contribution in [1.82, 2.24) is 10.2 Å². The van der Waals surface area contributed by atoms with Gasteiger partial charge in [0.1, 0.15) is 5.76 Å². The summed E-state index contributed by atoms with van der Waals surface area (Å²) in [5.41, 5.74) is 1.67. The highest BCUT2D eigenvalue weighted by atomic mass is 32.2. The third kappa shape index (κ3) is 6.50. The van der Waals surface area contributed by atoms with Crippen molar-refractivity contribution in [3.8, 4) is 0 Å². The Labute approximate surface area is 172 Å². The number of carbonyl (C=O) groups is 2. The number of morpholine rings is 1. The summed E-state index contributed by atoms with van der Waals surface area (Å²) in [5, 5.41) is 2.98. The molecule has 0 spiro atoms. The lowest BCUT2D eigenvalue weighted by Crippen LogP contribution is -2.39. The molecule has 1 atom stereocenters. The van der Waals surface area contributed by atoms with Gasteiger partial charge in [-0.2, -0.15) is 0 Å². The molecule has 2 rings (SSSR count). The number of hydrogen-bond acceptors (Lipinski definition) is 6. The topological polar surface area (TPSA) is 67.9 Å². The molecule has 0 aromatic heterocycles. The van der Waals surface area contributed by atoms with E-state index in [1.54, 1.807) is 13.0 Å². The van der Waals surface area contributed by atoms with E-state index in [0.717, 1.165) is 38.4 Å². The molecule has 0 aromatic rings. The van der Waals surface area contributed by atoms with Crippen LogP contribution in [0.2, 0.25) is 0 Å². The van der Waals surface area contributed by atoms with E-state index >= 15 is 0 Å². The molecule has 1 fully saturated rings. The molecule has 1 unspecified atom stereocenters. The molecular weight excluding hydrogens is 376 g/mol. The molecule has 0 bridgehead atoms. The third-order valence-electron chi connectivity index (χ3n) is 4.88. The predicted molar refractivity (Wildman–Crippen MR) is 113 cm³/mol. The number of allylic oxidation sites excluding steroid dienone is 2. The maximum atomic E-state index is 12.2. The van der Waals surface area contributed by atoms with Gasteiger partial charge >= 0.3 is 0 Å². The van der Waals surface area contributed by atoms with Gasteiger partial charge < -0.3 is 14.8 Å². The van der Waals surface area contributed by atoms with Gasteiger partial charge in [0.25, 0.3) is 0 Å². The quantitative estimate of drug-likeness (QED) is 0.443. The van der Waals surface area contributed by atoms with Crippen LogP contribution in [-0.4, -0.2) is 66.7 Å². The van der Waals surface area contributed by atoms with Crippen LogP contribution in [0.15, 0.2) is 35.6 Å². The van der Waals surface area contributed by atoms with Gasteiger partial charge in [0.15, 0.2) is 0 Å². The number of nitrogens with zero attached hydrogens (tertiary/aromatic N) is 1. The monoisotopic (exact) mass is 408 g/mol. The molecule has 0 radical (unpaired) electrons. The molecule has 156 valence electrons. The Balaban J connectivity index is 1.72. The van der Waals surface area contributed by atoms with Crippen molar-refractivity contribution in [3.63, 3.8) is 0 Å². The number of nitrogens with one attached hydrogen (secondary N) is 1. The zero-order valence-corrected chi connectivity index (χ0v) is 18.0. The van der Waals surface area contributed by atoms with Crippen LogP contribution in [0.3, 0.4) is 0 Å². The second-order valence-electron chi connectivity index (χ2n) is 7.30. The third-order valence-corrected chi connectivity index (χ3v) is 6.09. The maximum absolute atomic E-state index is 12.2. The van der Waals surface area contributed by atoms with Crippen LogP contribution in [0.5, 0.6) is 0 Å². The Hall–Kier alpha value is -1.57. The summed E-state index contributed by atoms with van der Waals surface area (Å²) < 4.78 is 10.8. The van der Waals surface area contributed by atoms with E-state index in [1.807, 2.05) is 19.9 Å². The molecule has 2 aliphatic rings. The number of hydrogen-bond donors (Lipinski definition) is 1. The van der Waals surface area contributed by atoms with Gasteiger partial charge in [-0.3, -0.25) is 14.5 Å². The molecule has 1 saturated heterocycles. The second kappa shape index (κ2) is 10.8. The fourth-order valence-corrected chi connectivity index (χ4v) is 4.45. The van der Waals surface area contributed by atoms with E-state index in [2.05, 4.69) is 16.8 Å². The molecule has 0 aromatic carbocycles. The van der Waals surface area contributed by atoms with Crippen molar-refractivity contribution >= 4 is 22.8 Å². The zero-order valence-electron chi connectivity index (χ0n) is 17.2. The molecule has 7 heteroatoms. The van der Waals surface area contributed by atoms with E-state index in [9.17, 15) is 9.59 Å². The van der Waals surface area contributed by atoms with Gasteiger partial charge in [0, 0.05) is 38.2 Å². The Morgan fingerprint density at radius 3 is 2.82 bits per heavy atom. The minimum absolute atomic E-state index is 0.0435. The fraction of sp³-hybridized carbons (Fsp3) is 0.619. The van der Waals surface area contributed by atoms with Crippen LogP contribution >= 0.6 is 11.8 Å². The predicted octanol–water partition coefficient (Wildman–Crippen LogP) is 2.67. The molecule has 1 amide bonds. The average molecular weight is 409 g/mol. The second-order valence-corrected chi connectivity index (χ2v) is 8.72. The largest absolute Gasteiger partial charge is 0.496 e. The van der Waals surface area contributed by atoms with E-state index in [1.165, 1.54) is 11.8 Å². The van der Waals surface area contributed by atoms with Crippen molar-refractivity contribution in [2.75, 3.05) is 46.0 Å². The summed E-state index contributed by atoms with van der Waals surface area (Å²) in [6.07, 6.45) is 4.98. The fourth-order valence-electron chi connectivity index (χ4n) is 3.27. The molecule has 2 heterocycles. The van der Waals surface area contributed by atoms with Gasteiger partial charge in [-0.15, -0.1) is 0 Å². The first-order valence-electron chi connectivity index (χ1n) is 9.82. The van der Waals surface area contributed by atoms with E-state index < -0.39 is 4.75 Å². The van der Waals surface area contributed by atoms with Crippen molar-refractivity contribution in [3.05, 3.63) is 35.6 Å². The molecule has 0 aliphatic carbocycles. The van der Waals surface area contributed by atoms with Gasteiger partial charge in [0.2, 0.25) is 11.0 Å². The van der Waals surface area contributed by atoms with E-state index in [4.69, 9.17) is 9.47 Å². The normalized spacial score (nSPS) is 23.8. The van der Waals surface area contributed by atoms with E-state index in [-0.39, 0.29) is 11.0 Å². The van der Waals surface area contributed by atoms with E-state index in [0.29, 0.717) is 37.3 Å². The summed E-state index contributed by atoms with van der Waals surface area (Å²) in [6, 6.07) is 0. The standard InChI is InChI=1S/C21H32N2O4S/c1-5-16(2)15-21(4)19(17(3)20(25)28-21)27-12-6-8-22-18(24)7-9-23-10-13-26-14-11-23/h5,15H,1,6-14H2,2-4H3,(H,22,24). The first-order valence-corrected chi connectivity index (χ1v) is 10.6. The molecular formula is C21H32N2O4S. The van der Waals surface area contributed by atoms with Crippen LogP contribution in [0, 0.1) is 0 Å². The first kappa shape index (κ1) is 22.7. The van der Waals surface area contributed by atoms with Crippen LogP contribution in [0.25, 0.3) is 0 Å². The van der Waals surface area contributed by atoms with Gasteiger partial charge in [-0.25, -0.2) is 0 Å². The van der Waals surface area contributed by atoms with Crippen molar-refractivity contribution in [1.29, 1.82) is 0 Å². The van der Waals surface area contributed by atoms with Crippen molar-refractivity contribution < 1.29 is 19.1 Å². The smallest absolute Gasteiger partial charge is 0.221 e. The average Bonchev–Trinajstić information content (AvgIpc) is 2.89. The molecule has 1 N–H and O–H groups in total. The lowest BCUT2D eigenvalue weighted by molar-refractivity contribution is -0.121. The number of amides is 1. The lowest BCUT2D eigenvalue weighted by Gasteiger charge is -2.26. The molecule has 6 nitrogen and oxygen atoms in total. The minimum atomic E-state index is -0.499. The lowest BCUT2D eigenvalue weighted by atomic mass is 10.0. The summed E-state index contributed by atoms with van der Waals surface area (Å²) in [6.45, 7) is 14.6. The Morgan fingerprint density at radius 2 is 2.14 bits per heavy atom. The zero-order chi connectivity index (χ0) is 20.6. The maximum Gasteiger partial charge on any atom is 0.221 e. The van der Waals surface area contributed by atoms with Crippen LogP contribution in [0.1, 0.15) is 33.6 Å². The van der Waals surface area contributed by atoms with Crippen LogP contribution in [-0.2, 0) is 19.1 Å². The summed E-state index contributed by atoms with van der Waals surface area (Å²) in [4.78, 5) is 26.4. The first-order chi connectivity index (χ1) is 13.4. The van der Waals surface area contributed by atoms with Crippen LogP contribution < -0.4 is 5.32 Å². The number of ether oxygens (including phenoxy) is 2.